The number of pyridine rings is 1. The van der Waals surface area contributed by atoms with Gasteiger partial charge in [-0.25, -0.2) is 4.79 Å². The minimum absolute atomic E-state index is 0.0896. The number of amides is 1. The quantitative estimate of drug-likeness (QED) is 0.811. The highest BCUT2D eigenvalue weighted by molar-refractivity contribution is 5.90. The summed E-state index contributed by atoms with van der Waals surface area (Å²) in [7, 11) is 0. The van der Waals surface area contributed by atoms with Crippen LogP contribution in [0.25, 0.3) is 0 Å². The summed E-state index contributed by atoms with van der Waals surface area (Å²) in [5.74, 6) is -0.142. The van der Waals surface area contributed by atoms with E-state index in [1.807, 2.05) is 17.0 Å². The first-order valence-electron chi connectivity index (χ1n) is 8.56. The van der Waals surface area contributed by atoms with Crippen molar-refractivity contribution in [1.82, 2.24) is 20.1 Å². The van der Waals surface area contributed by atoms with Gasteiger partial charge in [0.15, 0.2) is 0 Å². The largest absolute Gasteiger partial charge is 0.462 e. The number of carbonyl (C=O) groups excluding carboxylic acids is 2. The van der Waals surface area contributed by atoms with Crippen LogP contribution in [0.1, 0.15) is 47.3 Å². The Morgan fingerprint density at radius 1 is 1.36 bits per heavy atom. The second-order valence-electron chi connectivity index (χ2n) is 6.10. The third-order valence-electron chi connectivity index (χ3n) is 4.49. The summed E-state index contributed by atoms with van der Waals surface area (Å²) in [6, 6.07) is 3.85. The molecule has 1 amide bonds. The van der Waals surface area contributed by atoms with Gasteiger partial charge in [-0.15, -0.1) is 0 Å². The van der Waals surface area contributed by atoms with Crippen LogP contribution in [0.4, 0.5) is 0 Å². The van der Waals surface area contributed by atoms with Gasteiger partial charge in [0.1, 0.15) is 5.56 Å². The Hall–Kier alpha value is -2.70. The van der Waals surface area contributed by atoms with Crippen molar-refractivity contribution in [1.29, 1.82) is 0 Å². The molecule has 0 saturated carbocycles. The van der Waals surface area contributed by atoms with Crippen LogP contribution < -0.4 is 0 Å². The number of rotatable bonds is 6. The average Bonchev–Trinajstić information content (AvgIpc) is 3.29. The third kappa shape index (κ3) is 4.04. The molecule has 1 aliphatic heterocycles. The fourth-order valence-electron chi connectivity index (χ4n) is 3.16. The number of aryl methyl sites for hydroxylation is 1. The zero-order valence-corrected chi connectivity index (χ0v) is 14.3. The van der Waals surface area contributed by atoms with E-state index in [0.29, 0.717) is 38.1 Å². The van der Waals surface area contributed by atoms with Gasteiger partial charge in [-0.3, -0.25) is 14.9 Å². The highest BCUT2D eigenvalue weighted by Crippen LogP contribution is 2.29. The maximum absolute atomic E-state index is 12.4. The predicted molar refractivity (Wildman–Crippen MR) is 91.0 cm³/mol. The molecule has 1 atom stereocenters. The SMILES string of the molecule is CCOC(=O)c1cn[nH]c1C1CCN(C(=O)CCc2ccncc2)C1. The number of ether oxygens (including phenoxy) is 1. The first kappa shape index (κ1) is 17.1. The van der Waals surface area contributed by atoms with Crippen molar-refractivity contribution < 1.29 is 14.3 Å². The molecule has 7 heteroatoms. The van der Waals surface area contributed by atoms with Gasteiger partial charge in [0.25, 0.3) is 0 Å². The minimum atomic E-state index is -0.367. The molecule has 25 heavy (non-hydrogen) atoms. The maximum Gasteiger partial charge on any atom is 0.341 e. The van der Waals surface area contributed by atoms with Gasteiger partial charge in [-0.2, -0.15) is 5.10 Å². The Kier molecular flexibility index (Phi) is 5.42. The topological polar surface area (TPSA) is 88.2 Å². The molecule has 1 fully saturated rings. The summed E-state index contributed by atoms with van der Waals surface area (Å²) < 4.78 is 5.06. The number of carbonyl (C=O) groups is 2. The molecule has 3 heterocycles. The average molecular weight is 342 g/mol. The first-order valence-corrected chi connectivity index (χ1v) is 8.56. The number of hydrogen-bond donors (Lipinski definition) is 1. The predicted octanol–water partition coefficient (Wildman–Crippen LogP) is 1.93. The van der Waals surface area contributed by atoms with Gasteiger partial charge in [-0.1, -0.05) is 0 Å². The number of likely N-dealkylation sites (tertiary alicyclic amines) is 1. The van der Waals surface area contributed by atoms with Crippen LogP contribution in [-0.2, 0) is 16.0 Å². The van der Waals surface area contributed by atoms with Gasteiger partial charge in [0.2, 0.25) is 5.91 Å². The third-order valence-corrected chi connectivity index (χ3v) is 4.49. The summed E-state index contributed by atoms with van der Waals surface area (Å²) in [5.41, 5.74) is 2.35. The Morgan fingerprint density at radius 3 is 2.92 bits per heavy atom. The number of hydrogen-bond acceptors (Lipinski definition) is 5. The molecule has 7 nitrogen and oxygen atoms in total. The summed E-state index contributed by atoms with van der Waals surface area (Å²) in [4.78, 5) is 30.3. The monoisotopic (exact) mass is 342 g/mol. The Bertz CT molecular complexity index is 729. The molecular formula is C18H22N4O3. The molecule has 1 saturated heterocycles. The number of nitrogens with zero attached hydrogens (tertiary/aromatic N) is 3. The normalized spacial score (nSPS) is 16.8. The lowest BCUT2D eigenvalue weighted by molar-refractivity contribution is -0.130. The Morgan fingerprint density at radius 2 is 2.16 bits per heavy atom. The molecule has 0 aliphatic carbocycles. The molecule has 2 aromatic rings. The zero-order valence-electron chi connectivity index (χ0n) is 14.3. The lowest BCUT2D eigenvalue weighted by atomic mass is 10.0. The molecule has 0 radical (unpaired) electrons. The maximum atomic E-state index is 12.4. The van der Waals surface area contributed by atoms with Gasteiger partial charge in [0, 0.05) is 37.8 Å². The van der Waals surface area contributed by atoms with Crippen molar-refractivity contribution in [2.45, 2.75) is 32.1 Å². The molecule has 0 aromatic carbocycles. The number of H-pyrrole nitrogens is 1. The smallest absolute Gasteiger partial charge is 0.341 e. The summed E-state index contributed by atoms with van der Waals surface area (Å²) in [5, 5.41) is 6.89. The summed E-state index contributed by atoms with van der Waals surface area (Å²) in [6.45, 7) is 3.40. The summed E-state index contributed by atoms with van der Waals surface area (Å²) >= 11 is 0. The van der Waals surface area contributed by atoms with Crippen molar-refractivity contribution in [3.63, 3.8) is 0 Å². The number of aromatic nitrogens is 3. The van der Waals surface area contributed by atoms with Crippen molar-refractivity contribution in [3.8, 4) is 0 Å². The highest BCUT2D eigenvalue weighted by Gasteiger charge is 2.31. The van der Waals surface area contributed by atoms with Crippen LogP contribution in [0, 0.1) is 0 Å². The van der Waals surface area contributed by atoms with Crippen LogP contribution in [0.15, 0.2) is 30.7 Å². The van der Waals surface area contributed by atoms with E-state index in [-0.39, 0.29) is 17.8 Å². The van der Waals surface area contributed by atoms with Crippen molar-refractivity contribution >= 4 is 11.9 Å². The highest BCUT2D eigenvalue weighted by atomic mass is 16.5. The molecule has 1 N–H and O–H groups in total. The van der Waals surface area contributed by atoms with Gasteiger partial charge >= 0.3 is 5.97 Å². The van der Waals surface area contributed by atoms with E-state index >= 15 is 0 Å². The van der Waals surface area contributed by atoms with E-state index < -0.39 is 0 Å². The van der Waals surface area contributed by atoms with E-state index in [9.17, 15) is 9.59 Å². The van der Waals surface area contributed by atoms with Crippen LogP contribution in [0.3, 0.4) is 0 Å². The lowest BCUT2D eigenvalue weighted by Gasteiger charge is -2.16. The molecule has 0 bridgehead atoms. The van der Waals surface area contributed by atoms with Gasteiger partial charge in [0.05, 0.1) is 18.5 Å². The Labute approximate surface area is 146 Å². The molecule has 3 rings (SSSR count). The van der Waals surface area contributed by atoms with Gasteiger partial charge in [-0.05, 0) is 37.5 Å². The number of aromatic amines is 1. The van der Waals surface area contributed by atoms with Crippen LogP contribution >= 0.6 is 0 Å². The molecular weight excluding hydrogens is 320 g/mol. The van der Waals surface area contributed by atoms with E-state index in [1.54, 1.807) is 19.3 Å². The lowest BCUT2D eigenvalue weighted by Crippen LogP contribution is -2.28. The zero-order chi connectivity index (χ0) is 17.6. The molecule has 1 unspecified atom stereocenters. The number of esters is 1. The molecule has 2 aromatic heterocycles. The number of nitrogens with one attached hydrogen (secondary N) is 1. The van der Waals surface area contributed by atoms with E-state index in [2.05, 4.69) is 15.2 Å². The molecule has 1 aliphatic rings. The van der Waals surface area contributed by atoms with Crippen molar-refractivity contribution in [2.75, 3.05) is 19.7 Å². The van der Waals surface area contributed by atoms with E-state index in [4.69, 9.17) is 4.74 Å². The van der Waals surface area contributed by atoms with Crippen LogP contribution in [0.2, 0.25) is 0 Å². The van der Waals surface area contributed by atoms with Crippen LogP contribution in [0.5, 0.6) is 0 Å². The molecule has 132 valence electrons. The van der Waals surface area contributed by atoms with Gasteiger partial charge < -0.3 is 9.64 Å². The Balaban J connectivity index is 1.57. The van der Waals surface area contributed by atoms with Crippen molar-refractivity contribution in [3.05, 3.63) is 47.5 Å². The molecule has 0 spiro atoms. The minimum Gasteiger partial charge on any atom is -0.462 e. The van der Waals surface area contributed by atoms with Crippen LogP contribution in [-0.4, -0.2) is 51.7 Å². The fraction of sp³-hybridized carbons (Fsp3) is 0.444. The van der Waals surface area contributed by atoms with E-state index in [1.165, 1.54) is 6.20 Å². The second-order valence-corrected chi connectivity index (χ2v) is 6.10. The first-order chi connectivity index (χ1) is 12.2. The van der Waals surface area contributed by atoms with Crippen molar-refractivity contribution in [2.24, 2.45) is 0 Å². The summed E-state index contributed by atoms with van der Waals surface area (Å²) in [6.07, 6.45) is 6.98. The second kappa shape index (κ2) is 7.92. The standard InChI is InChI=1S/C18H22N4O3/c1-2-25-18(24)15-11-20-21-17(15)14-7-10-22(12-14)16(23)4-3-13-5-8-19-9-6-13/h5-6,8-9,11,14H,2-4,7,10,12H2,1H3,(H,20,21). The fourth-order valence-corrected chi connectivity index (χ4v) is 3.16. The van der Waals surface area contributed by atoms with E-state index in [0.717, 1.165) is 17.7 Å².